The molecule has 0 bridgehead atoms. The predicted octanol–water partition coefficient (Wildman–Crippen LogP) is 4.32. The zero-order valence-electron chi connectivity index (χ0n) is 9.85. The van der Waals surface area contributed by atoms with E-state index in [1.807, 2.05) is 44.2 Å². The van der Waals surface area contributed by atoms with Crippen LogP contribution in [0.4, 0.5) is 0 Å². The van der Waals surface area contributed by atoms with Crippen molar-refractivity contribution in [3.8, 4) is 5.75 Å². The summed E-state index contributed by atoms with van der Waals surface area (Å²) in [6.45, 7) is 4.00. The highest BCUT2D eigenvalue weighted by atomic mass is 16.3. The van der Waals surface area contributed by atoms with Gasteiger partial charge in [-0.2, -0.15) is 0 Å². The van der Waals surface area contributed by atoms with Crippen LogP contribution in [0.25, 0.3) is 5.57 Å². The molecule has 0 aromatic heterocycles. The first kappa shape index (κ1) is 12.3. The molecule has 0 atom stereocenters. The van der Waals surface area contributed by atoms with Gasteiger partial charge >= 0.3 is 0 Å². The minimum atomic E-state index is 0.314. The summed E-state index contributed by atoms with van der Waals surface area (Å²) in [5.41, 5.74) is 2.44. The molecule has 0 saturated heterocycles. The van der Waals surface area contributed by atoms with E-state index in [1.165, 1.54) is 11.1 Å². The SMILES string of the molecule is CC.Oc1ccc(C2=CC=CC=CC2)cc1. The summed E-state index contributed by atoms with van der Waals surface area (Å²) in [7, 11) is 0. The van der Waals surface area contributed by atoms with Crippen LogP contribution >= 0.6 is 0 Å². The molecule has 0 spiro atoms. The highest BCUT2D eigenvalue weighted by Gasteiger charge is 1.99. The Bertz CT molecular complexity index is 394. The monoisotopic (exact) mass is 214 g/mol. The number of phenols is 1. The lowest BCUT2D eigenvalue weighted by Crippen LogP contribution is -1.81. The van der Waals surface area contributed by atoms with Crippen LogP contribution in [0.5, 0.6) is 5.75 Å². The van der Waals surface area contributed by atoms with Crippen molar-refractivity contribution in [1.82, 2.24) is 0 Å². The molecule has 0 heterocycles. The molecule has 0 radical (unpaired) electrons. The van der Waals surface area contributed by atoms with Gasteiger partial charge in [0.05, 0.1) is 0 Å². The minimum absolute atomic E-state index is 0.314. The molecule has 1 aliphatic carbocycles. The van der Waals surface area contributed by atoms with E-state index in [4.69, 9.17) is 5.11 Å². The topological polar surface area (TPSA) is 20.2 Å². The number of hydrogen-bond acceptors (Lipinski definition) is 1. The fraction of sp³-hybridized carbons (Fsp3) is 0.200. The van der Waals surface area contributed by atoms with E-state index in [1.54, 1.807) is 12.1 Å². The van der Waals surface area contributed by atoms with E-state index < -0.39 is 0 Å². The van der Waals surface area contributed by atoms with E-state index in [9.17, 15) is 0 Å². The van der Waals surface area contributed by atoms with Gasteiger partial charge in [0.25, 0.3) is 0 Å². The third-order valence-electron chi connectivity index (χ3n) is 2.23. The molecule has 1 aromatic rings. The van der Waals surface area contributed by atoms with E-state index in [-0.39, 0.29) is 0 Å². The molecule has 0 saturated carbocycles. The quantitative estimate of drug-likeness (QED) is 0.738. The minimum Gasteiger partial charge on any atom is -0.508 e. The van der Waals surface area contributed by atoms with Crippen molar-refractivity contribution in [3.63, 3.8) is 0 Å². The van der Waals surface area contributed by atoms with Gasteiger partial charge in [-0.05, 0) is 29.7 Å². The maximum absolute atomic E-state index is 9.16. The Morgan fingerprint density at radius 1 is 0.938 bits per heavy atom. The molecular formula is C15H18O. The molecule has 1 N–H and O–H groups in total. The Kier molecular flexibility index (Phi) is 5.13. The second-order valence-corrected chi connectivity index (χ2v) is 3.26. The average molecular weight is 214 g/mol. The zero-order chi connectivity index (χ0) is 11.8. The van der Waals surface area contributed by atoms with Crippen LogP contribution in [0.15, 0.2) is 54.6 Å². The fourth-order valence-electron chi connectivity index (χ4n) is 1.47. The van der Waals surface area contributed by atoms with Crippen LogP contribution in [0, 0.1) is 0 Å². The third-order valence-corrected chi connectivity index (χ3v) is 2.23. The Hall–Kier alpha value is -1.76. The van der Waals surface area contributed by atoms with Gasteiger partial charge < -0.3 is 5.11 Å². The molecule has 1 aliphatic rings. The predicted molar refractivity (Wildman–Crippen MR) is 70.3 cm³/mol. The van der Waals surface area contributed by atoms with Crippen molar-refractivity contribution < 1.29 is 5.11 Å². The lowest BCUT2D eigenvalue weighted by Gasteiger charge is -2.03. The molecule has 0 unspecified atom stereocenters. The summed E-state index contributed by atoms with van der Waals surface area (Å²) >= 11 is 0. The highest BCUT2D eigenvalue weighted by Crippen LogP contribution is 2.22. The molecule has 1 nitrogen and oxygen atoms in total. The van der Waals surface area contributed by atoms with E-state index in [2.05, 4.69) is 12.2 Å². The standard InChI is InChI=1S/C13H12O.C2H6/c14-13-9-7-12(8-10-13)11-5-3-1-2-4-6-11;1-2/h1-5,7-10,14H,6H2;1-2H3. The van der Waals surface area contributed by atoms with E-state index >= 15 is 0 Å². The zero-order valence-corrected chi connectivity index (χ0v) is 9.85. The second-order valence-electron chi connectivity index (χ2n) is 3.26. The molecular weight excluding hydrogens is 196 g/mol. The maximum Gasteiger partial charge on any atom is 0.115 e. The maximum atomic E-state index is 9.16. The number of phenolic OH excluding ortho intramolecular Hbond substituents is 1. The molecule has 2 rings (SSSR count). The Labute approximate surface area is 97.4 Å². The molecule has 84 valence electrons. The van der Waals surface area contributed by atoms with Gasteiger partial charge in [-0.1, -0.05) is 56.4 Å². The van der Waals surface area contributed by atoms with Crippen molar-refractivity contribution in [1.29, 1.82) is 0 Å². The molecule has 1 aromatic carbocycles. The normalized spacial score (nSPS) is 13.5. The summed E-state index contributed by atoms with van der Waals surface area (Å²) in [5, 5.41) is 9.16. The van der Waals surface area contributed by atoms with Gasteiger partial charge in [-0.25, -0.2) is 0 Å². The summed E-state index contributed by atoms with van der Waals surface area (Å²) in [4.78, 5) is 0. The van der Waals surface area contributed by atoms with Crippen LogP contribution in [0.3, 0.4) is 0 Å². The van der Waals surface area contributed by atoms with E-state index in [0.29, 0.717) is 5.75 Å². The summed E-state index contributed by atoms with van der Waals surface area (Å²) in [6.07, 6.45) is 11.3. The summed E-state index contributed by atoms with van der Waals surface area (Å²) in [6, 6.07) is 7.31. The second kappa shape index (κ2) is 6.67. The number of hydrogen-bond donors (Lipinski definition) is 1. The van der Waals surface area contributed by atoms with Crippen LogP contribution in [0.1, 0.15) is 25.8 Å². The lowest BCUT2D eigenvalue weighted by molar-refractivity contribution is 0.475. The van der Waals surface area contributed by atoms with Gasteiger partial charge in [0.1, 0.15) is 5.75 Å². The number of rotatable bonds is 1. The van der Waals surface area contributed by atoms with Crippen molar-refractivity contribution in [2.75, 3.05) is 0 Å². The first-order valence-corrected chi connectivity index (χ1v) is 5.68. The Morgan fingerprint density at radius 3 is 2.31 bits per heavy atom. The Morgan fingerprint density at radius 2 is 1.62 bits per heavy atom. The number of allylic oxidation sites excluding steroid dienone is 6. The first-order valence-electron chi connectivity index (χ1n) is 5.68. The number of aromatic hydroxyl groups is 1. The van der Waals surface area contributed by atoms with Gasteiger partial charge in [-0.3, -0.25) is 0 Å². The molecule has 0 fully saturated rings. The molecule has 16 heavy (non-hydrogen) atoms. The lowest BCUT2D eigenvalue weighted by atomic mass is 10.0. The molecule has 0 aliphatic heterocycles. The van der Waals surface area contributed by atoms with Crippen molar-refractivity contribution in [3.05, 3.63) is 60.2 Å². The number of benzene rings is 1. The summed E-state index contributed by atoms with van der Waals surface area (Å²) in [5.74, 6) is 0.314. The smallest absolute Gasteiger partial charge is 0.115 e. The first-order chi connectivity index (χ1) is 7.86. The van der Waals surface area contributed by atoms with Gasteiger partial charge in [-0.15, -0.1) is 0 Å². The van der Waals surface area contributed by atoms with Crippen molar-refractivity contribution in [2.24, 2.45) is 0 Å². The van der Waals surface area contributed by atoms with Crippen LogP contribution in [-0.2, 0) is 0 Å². The van der Waals surface area contributed by atoms with Crippen molar-refractivity contribution in [2.45, 2.75) is 20.3 Å². The van der Waals surface area contributed by atoms with Gasteiger partial charge in [0.15, 0.2) is 0 Å². The van der Waals surface area contributed by atoms with Gasteiger partial charge in [0, 0.05) is 0 Å². The van der Waals surface area contributed by atoms with E-state index in [0.717, 1.165) is 6.42 Å². The van der Waals surface area contributed by atoms with Crippen LogP contribution in [-0.4, -0.2) is 5.11 Å². The van der Waals surface area contributed by atoms with Crippen LogP contribution in [0.2, 0.25) is 0 Å². The average Bonchev–Trinajstić information content (AvgIpc) is 2.61. The third kappa shape index (κ3) is 3.43. The highest BCUT2D eigenvalue weighted by molar-refractivity contribution is 5.69. The fourth-order valence-corrected chi connectivity index (χ4v) is 1.47. The van der Waals surface area contributed by atoms with Gasteiger partial charge in [0.2, 0.25) is 0 Å². The molecule has 1 heteroatoms. The van der Waals surface area contributed by atoms with Crippen molar-refractivity contribution >= 4 is 5.57 Å². The largest absolute Gasteiger partial charge is 0.508 e. The summed E-state index contributed by atoms with van der Waals surface area (Å²) < 4.78 is 0. The Balaban J connectivity index is 0.000000606. The van der Waals surface area contributed by atoms with Crippen LogP contribution < -0.4 is 0 Å². The molecule has 0 amide bonds.